The molecule has 0 aliphatic carbocycles. The molecule has 11 heteroatoms. The highest BCUT2D eigenvalue weighted by Crippen LogP contribution is 2.23. The van der Waals surface area contributed by atoms with Gasteiger partial charge in [-0.05, 0) is 25.1 Å². The zero-order valence-corrected chi connectivity index (χ0v) is 15.5. The van der Waals surface area contributed by atoms with Crippen LogP contribution in [-0.2, 0) is 16.4 Å². The predicted octanol–water partition coefficient (Wildman–Crippen LogP) is 1.69. The van der Waals surface area contributed by atoms with E-state index in [4.69, 9.17) is 11.6 Å². The van der Waals surface area contributed by atoms with Crippen molar-refractivity contribution in [3.05, 3.63) is 63.6 Å². The van der Waals surface area contributed by atoms with Gasteiger partial charge in [0.15, 0.2) is 0 Å². The average molecular weight is 405 g/mol. The van der Waals surface area contributed by atoms with Crippen LogP contribution < -0.4 is 5.56 Å². The molecule has 3 heterocycles. The molecular weight excluding hydrogens is 392 g/mol. The Kier molecular flexibility index (Phi) is 4.08. The minimum atomic E-state index is -3.72. The maximum absolute atomic E-state index is 12.7. The third-order valence-electron chi connectivity index (χ3n) is 4.16. The van der Waals surface area contributed by atoms with Crippen molar-refractivity contribution in [1.29, 1.82) is 0 Å². The van der Waals surface area contributed by atoms with E-state index in [1.165, 1.54) is 41.5 Å². The van der Waals surface area contributed by atoms with Gasteiger partial charge in [-0.1, -0.05) is 11.6 Å². The molecule has 0 aliphatic rings. The first-order chi connectivity index (χ1) is 12.9. The second kappa shape index (κ2) is 6.32. The topological polar surface area (TPSA) is 126 Å². The average Bonchev–Trinajstić information content (AvgIpc) is 3.30. The number of nitrogens with zero attached hydrogens (tertiary/aromatic N) is 4. The molecule has 0 radical (unpaired) electrons. The van der Waals surface area contributed by atoms with Gasteiger partial charge < -0.3 is 0 Å². The van der Waals surface area contributed by atoms with Gasteiger partial charge >= 0.3 is 0 Å². The molecule has 2 N–H and O–H groups in total. The lowest BCUT2D eigenvalue weighted by Crippen LogP contribution is -2.23. The van der Waals surface area contributed by atoms with Crippen molar-refractivity contribution in [1.82, 2.24) is 30.2 Å². The van der Waals surface area contributed by atoms with Gasteiger partial charge in [0.05, 0.1) is 39.9 Å². The number of sulfone groups is 1. The number of aromatic nitrogens is 6. The van der Waals surface area contributed by atoms with Crippen LogP contribution in [-0.4, -0.2) is 38.6 Å². The molecule has 0 aliphatic heterocycles. The molecule has 0 fully saturated rings. The minimum absolute atomic E-state index is 0.0479. The Morgan fingerprint density at radius 1 is 1.22 bits per heavy atom. The van der Waals surface area contributed by atoms with Gasteiger partial charge in [-0.2, -0.15) is 15.3 Å². The number of aryl methyl sites for hydroxylation is 1. The first-order valence-electron chi connectivity index (χ1n) is 7.81. The number of H-pyrrole nitrogens is 2. The van der Waals surface area contributed by atoms with E-state index in [-0.39, 0.29) is 21.9 Å². The van der Waals surface area contributed by atoms with Crippen LogP contribution in [0.3, 0.4) is 0 Å². The summed E-state index contributed by atoms with van der Waals surface area (Å²) in [6.45, 7) is 1.88. The molecule has 0 bridgehead atoms. The third-order valence-corrected chi connectivity index (χ3v) is 6.38. The van der Waals surface area contributed by atoms with Gasteiger partial charge in [0, 0.05) is 11.6 Å². The van der Waals surface area contributed by atoms with Crippen molar-refractivity contribution in [2.24, 2.45) is 0 Å². The molecule has 0 atom stereocenters. The molecule has 0 saturated heterocycles. The van der Waals surface area contributed by atoms with E-state index in [0.717, 1.165) is 0 Å². The monoisotopic (exact) mass is 404 g/mol. The lowest BCUT2D eigenvalue weighted by Gasteiger charge is -2.07. The fourth-order valence-corrected chi connectivity index (χ4v) is 4.03. The lowest BCUT2D eigenvalue weighted by molar-refractivity contribution is 0.596. The van der Waals surface area contributed by atoms with Crippen molar-refractivity contribution in [2.75, 3.05) is 0 Å². The molecule has 138 valence electrons. The standard InChI is InChI=1S/C16H13ClN6O3S/c1-9-15(17)14(22-21-9)8-23-16(24)13-3-2-11(4-10(13)5-20-23)27(25,26)12-6-18-19-7-12/h2-7H,8H2,1H3,(H,18,19)(H,21,22). The number of hydrogen-bond acceptors (Lipinski definition) is 6. The van der Waals surface area contributed by atoms with E-state index >= 15 is 0 Å². The highest BCUT2D eigenvalue weighted by Gasteiger charge is 2.20. The first-order valence-corrected chi connectivity index (χ1v) is 9.67. The molecule has 0 spiro atoms. The van der Waals surface area contributed by atoms with Gasteiger partial charge in [-0.3, -0.25) is 15.0 Å². The van der Waals surface area contributed by atoms with Crippen LogP contribution in [0.4, 0.5) is 0 Å². The largest absolute Gasteiger partial charge is 0.284 e. The summed E-state index contributed by atoms with van der Waals surface area (Å²) in [4.78, 5) is 12.8. The van der Waals surface area contributed by atoms with Gasteiger partial charge in [0.25, 0.3) is 5.56 Å². The Morgan fingerprint density at radius 3 is 2.70 bits per heavy atom. The van der Waals surface area contributed by atoms with Crippen molar-refractivity contribution in [3.63, 3.8) is 0 Å². The van der Waals surface area contributed by atoms with Crippen molar-refractivity contribution in [2.45, 2.75) is 23.3 Å². The molecule has 3 aromatic heterocycles. The summed E-state index contributed by atoms with van der Waals surface area (Å²) in [7, 11) is -3.72. The summed E-state index contributed by atoms with van der Waals surface area (Å²) in [5, 5.41) is 18.3. The van der Waals surface area contributed by atoms with E-state index in [9.17, 15) is 13.2 Å². The summed E-state index contributed by atoms with van der Waals surface area (Å²) in [5.74, 6) is 0. The van der Waals surface area contributed by atoms with E-state index in [2.05, 4.69) is 25.5 Å². The number of halogens is 1. The summed E-state index contributed by atoms with van der Waals surface area (Å²) in [5.41, 5.74) is 0.841. The normalized spacial score (nSPS) is 11.9. The Labute approximate surface area is 157 Å². The van der Waals surface area contributed by atoms with Crippen molar-refractivity contribution >= 4 is 32.2 Å². The van der Waals surface area contributed by atoms with Gasteiger partial charge in [-0.15, -0.1) is 0 Å². The summed E-state index contributed by atoms with van der Waals surface area (Å²) < 4.78 is 26.4. The van der Waals surface area contributed by atoms with Gasteiger partial charge in [0.1, 0.15) is 10.6 Å². The lowest BCUT2D eigenvalue weighted by atomic mass is 10.2. The number of nitrogens with one attached hydrogen (secondary N) is 2. The van der Waals surface area contributed by atoms with Crippen LogP contribution in [0.5, 0.6) is 0 Å². The van der Waals surface area contributed by atoms with Crippen LogP contribution in [0.2, 0.25) is 5.02 Å². The second-order valence-electron chi connectivity index (χ2n) is 5.90. The number of hydrogen-bond donors (Lipinski definition) is 2. The highest BCUT2D eigenvalue weighted by molar-refractivity contribution is 7.91. The SMILES string of the molecule is Cc1[nH]nc(Cn2ncc3cc(S(=O)(=O)c4cn[nH]c4)ccc3c2=O)c1Cl. The van der Waals surface area contributed by atoms with E-state index in [1.807, 2.05) is 0 Å². The van der Waals surface area contributed by atoms with Crippen LogP contribution in [0.1, 0.15) is 11.4 Å². The molecule has 27 heavy (non-hydrogen) atoms. The number of rotatable bonds is 4. The van der Waals surface area contributed by atoms with Crippen LogP contribution in [0.15, 0.2) is 51.4 Å². The summed E-state index contributed by atoms with van der Waals surface area (Å²) in [6, 6.07) is 4.28. The smallest absolute Gasteiger partial charge is 0.274 e. The second-order valence-corrected chi connectivity index (χ2v) is 8.23. The summed E-state index contributed by atoms with van der Waals surface area (Å²) in [6.07, 6.45) is 3.97. The fourth-order valence-electron chi connectivity index (χ4n) is 2.68. The van der Waals surface area contributed by atoms with E-state index < -0.39 is 9.84 Å². The molecule has 1 aromatic carbocycles. The van der Waals surface area contributed by atoms with Crippen LogP contribution in [0, 0.1) is 6.92 Å². The zero-order chi connectivity index (χ0) is 19.2. The molecular formula is C16H13ClN6O3S. The molecule has 0 saturated carbocycles. The van der Waals surface area contributed by atoms with E-state index in [1.54, 1.807) is 6.92 Å². The molecule has 0 amide bonds. The predicted molar refractivity (Wildman–Crippen MR) is 97.5 cm³/mol. The summed E-state index contributed by atoms with van der Waals surface area (Å²) >= 11 is 6.14. The molecule has 4 aromatic rings. The van der Waals surface area contributed by atoms with Gasteiger partial charge in [0.2, 0.25) is 9.84 Å². The number of fused-ring (bicyclic) bond motifs is 1. The Bertz CT molecular complexity index is 1310. The van der Waals surface area contributed by atoms with E-state index in [0.29, 0.717) is 27.2 Å². The maximum Gasteiger partial charge on any atom is 0.274 e. The number of benzene rings is 1. The molecule has 0 unspecified atom stereocenters. The fraction of sp³-hybridized carbons (Fsp3) is 0.125. The first kappa shape index (κ1) is 17.4. The third kappa shape index (κ3) is 2.92. The van der Waals surface area contributed by atoms with Crippen molar-refractivity contribution in [3.8, 4) is 0 Å². The maximum atomic E-state index is 12.7. The Morgan fingerprint density at radius 2 is 2.04 bits per heavy atom. The zero-order valence-electron chi connectivity index (χ0n) is 14.0. The minimum Gasteiger partial charge on any atom is -0.284 e. The molecule has 4 rings (SSSR count). The van der Waals surface area contributed by atoms with Crippen LogP contribution in [0.25, 0.3) is 10.8 Å². The molecule has 9 nitrogen and oxygen atoms in total. The highest BCUT2D eigenvalue weighted by atomic mass is 35.5. The number of aromatic amines is 2. The quantitative estimate of drug-likeness (QED) is 0.533. The van der Waals surface area contributed by atoms with Crippen molar-refractivity contribution < 1.29 is 8.42 Å². The Hall–Kier alpha value is -2.98. The van der Waals surface area contributed by atoms with Gasteiger partial charge in [-0.25, -0.2) is 13.1 Å². The Balaban J connectivity index is 1.77. The van der Waals surface area contributed by atoms with Crippen LogP contribution >= 0.6 is 11.6 Å².